The third-order valence-electron chi connectivity index (χ3n) is 5.86. The molecule has 1 atom stereocenters. The number of carbonyl (C=O) groups is 2. The fourth-order valence-corrected chi connectivity index (χ4v) is 4.06. The summed E-state index contributed by atoms with van der Waals surface area (Å²) in [6.07, 6.45) is 0.662. The normalized spacial score (nSPS) is 15.7. The number of nitrogens with zero attached hydrogens (tertiary/aromatic N) is 1. The van der Waals surface area contributed by atoms with Crippen molar-refractivity contribution in [2.45, 2.75) is 26.7 Å². The molecule has 2 heterocycles. The summed E-state index contributed by atoms with van der Waals surface area (Å²) in [6, 6.07) is 10.0. The molecule has 0 N–H and O–H groups in total. The number of hydrogen-bond acceptors (Lipinski definition) is 7. The van der Waals surface area contributed by atoms with Gasteiger partial charge in [0.15, 0.2) is 11.5 Å². The van der Waals surface area contributed by atoms with Gasteiger partial charge in [-0.15, -0.1) is 0 Å². The number of fused-ring (bicyclic) bond motifs is 1. The maximum absolute atomic E-state index is 13.0. The van der Waals surface area contributed by atoms with Crippen molar-refractivity contribution in [3.63, 3.8) is 0 Å². The summed E-state index contributed by atoms with van der Waals surface area (Å²) < 4.78 is 21.5. The molecule has 1 aliphatic heterocycles. The van der Waals surface area contributed by atoms with Crippen molar-refractivity contribution in [3.8, 4) is 17.2 Å². The molecule has 1 saturated heterocycles. The van der Waals surface area contributed by atoms with Gasteiger partial charge < -0.3 is 23.5 Å². The highest BCUT2D eigenvalue weighted by Crippen LogP contribution is 2.35. The van der Waals surface area contributed by atoms with E-state index < -0.39 is 17.5 Å². The number of anilines is 1. The van der Waals surface area contributed by atoms with E-state index in [2.05, 4.69) is 0 Å². The van der Waals surface area contributed by atoms with Crippen LogP contribution in [0, 0.1) is 12.8 Å². The van der Waals surface area contributed by atoms with Gasteiger partial charge in [-0.2, -0.15) is 0 Å². The summed E-state index contributed by atoms with van der Waals surface area (Å²) >= 11 is 0. The van der Waals surface area contributed by atoms with Gasteiger partial charge in [0.2, 0.25) is 5.91 Å². The van der Waals surface area contributed by atoms with Gasteiger partial charge in [-0.25, -0.2) is 4.79 Å². The summed E-state index contributed by atoms with van der Waals surface area (Å²) in [5.41, 5.74) is 2.11. The Kier molecular flexibility index (Phi) is 6.09. The van der Waals surface area contributed by atoms with Crippen molar-refractivity contribution in [2.24, 2.45) is 5.92 Å². The van der Waals surface area contributed by atoms with Crippen LogP contribution >= 0.6 is 0 Å². The molecule has 3 aromatic rings. The lowest BCUT2D eigenvalue weighted by atomic mass is 10.0. The molecule has 1 amide bonds. The van der Waals surface area contributed by atoms with E-state index in [1.165, 1.54) is 25.2 Å². The van der Waals surface area contributed by atoms with Crippen LogP contribution in [0.15, 0.2) is 45.6 Å². The van der Waals surface area contributed by atoms with Gasteiger partial charge in [0.1, 0.15) is 11.3 Å². The SMILES string of the molecule is CCc1cc2c(C)cc(=O)oc2cc1OC(=O)C1CC(=O)N(c2ccc(OC)c(OC)c2)C1. The molecule has 33 heavy (non-hydrogen) atoms. The molecule has 0 spiro atoms. The van der Waals surface area contributed by atoms with E-state index in [1.807, 2.05) is 19.9 Å². The molecule has 0 saturated carbocycles. The number of methoxy groups -OCH3 is 2. The predicted octanol–water partition coefficient (Wildman–Crippen LogP) is 3.64. The van der Waals surface area contributed by atoms with Gasteiger partial charge in [-0.05, 0) is 42.7 Å². The second kappa shape index (κ2) is 8.97. The highest BCUT2D eigenvalue weighted by atomic mass is 16.5. The quantitative estimate of drug-likeness (QED) is 0.321. The molecule has 8 nitrogen and oxygen atoms in total. The van der Waals surface area contributed by atoms with Crippen LogP contribution in [0.25, 0.3) is 11.0 Å². The van der Waals surface area contributed by atoms with E-state index in [1.54, 1.807) is 24.3 Å². The van der Waals surface area contributed by atoms with Crippen molar-refractivity contribution in [1.29, 1.82) is 0 Å². The number of esters is 1. The molecule has 0 radical (unpaired) electrons. The average Bonchev–Trinajstić information content (AvgIpc) is 3.19. The number of hydrogen-bond donors (Lipinski definition) is 0. The van der Waals surface area contributed by atoms with E-state index >= 15 is 0 Å². The summed E-state index contributed by atoms with van der Waals surface area (Å²) in [5, 5.41) is 0.793. The van der Waals surface area contributed by atoms with Crippen molar-refractivity contribution in [1.82, 2.24) is 0 Å². The minimum Gasteiger partial charge on any atom is -0.493 e. The van der Waals surface area contributed by atoms with Gasteiger partial charge in [0.25, 0.3) is 0 Å². The third kappa shape index (κ3) is 4.28. The first kappa shape index (κ1) is 22.4. The molecule has 1 fully saturated rings. The zero-order valence-electron chi connectivity index (χ0n) is 19.0. The van der Waals surface area contributed by atoms with E-state index in [-0.39, 0.29) is 18.9 Å². The monoisotopic (exact) mass is 451 g/mol. The Morgan fingerprint density at radius 1 is 1.06 bits per heavy atom. The van der Waals surface area contributed by atoms with Crippen LogP contribution < -0.4 is 24.7 Å². The van der Waals surface area contributed by atoms with Crippen molar-refractivity contribution in [3.05, 3.63) is 57.9 Å². The molecule has 0 aliphatic carbocycles. The Balaban J connectivity index is 1.57. The van der Waals surface area contributed by atoms with Gasteiger partial charge in [-0.3, -0.25) is 9.59 Å². The lowest BCUT2D eigenvalue weighted by Gasteiger charge is -2.18. The predicted molar refractivity (Wildman–Crippen MR) is 122 cm³/mol. The Bertz CT molecular complexity index is 1290. The number of amides is 1. The van der Waals surface area contributed by atoms with Crippen LogP contribution in [0.4, 0.5) is 5.69 Å². The van der Waals surface area contributed by atoms with E-state index in [0.717, 1.165) is 16.5 Å². The zero-order chi connectivity index (χ0) is 23.7. The standard InChI is InChI=1S/C25H25NO7/c1-5-15-9-18-14(2)8-24(28)32-21(18)12-20(15)33-25(29)16-10-23(27)26(13-16)17-6-7-19(30-3)22(11-17)31-4/h6-9,11-12,16H,5,10,13H2,1-4H3. The topological polar surface area (TPSA) is 95.3 Å². The minimum atomic E-state index is -0.629. The van der Waals surface area contributed by atoms with E-state index in [9.17, 15) is 14.4 Å². The Morgan fingerprint density at radius 2 is 1.82 bits per heavy atom. The highest BCUT2D eigenvalue weighted by molar-refractivity contribution is 6.00. The van der Waals surface area contributed by atoms with Crippen LogP contribution in [-0.4, -0.2) is 32.6 Å². The molecule has 1 aromatic heterocycles. The fraction of sp³-hybridized carbons (Fsp3) is 0.320. The maximum Gasteiger partial charge on any atom is 0.336 e. The van der Waals surface area contributed by atoms with E-state index in [4.69, 9.17) is 18.6 Å². The molecule has 2 aromatic carbocycles. The number of ether oxygens (including phenoxy) is 3. The minimum absolute atomic E-state index is 0.0381. The first-order chi connectivity index (χ1) is 15.8. The Labute approximate surface area is 190 Å². The van der Waals surface area contributed by atoms with Crippen LogP contribution in [-0.2, 0) is 16.0 Å². The van der Waals surface area contributed by atoms with Crippen molar-refractivity contribution in [2.75, 3.05) is 25.7 Å². The van der Waals surface area contributed by atoms with Crippen LogP contribution in [0.2, 0.25) is 0 Å². The first-order valence-electron chi connectivity index (χ1n) is 10.7. The lowest BCUT2D eigenvalue weighted by Crippen LogP contribution is -2.27. The second-order valence-electron chi connectivity index (χ2n) is 7.92. The smallest absolute Gasteiger partial charge is 0.336 e. The fourth-order valence-electron chi connectivity index (χ4n) is 4.06. The van der Waals surface area contributed by atoms with Crippen LogP contribution in [0.1, 0.15) is 24.5 Å². The zero-order valence-corrected chi connectivity index (χ0v) is 19.0. The van der Waals surface area contributed by atoms with Crippen molar-refractivity contribution < 1.29 is 28.2 Å². The largest absolute Gasteiger partial charge is 0.493 e. The Morgan fingerprint density at radius 3 is 2.52 bits per heavy atom. The molecule has 1 unspecified atom stereocenters. The van der Waals surface area contributed by atoms with Crippen LogP contribution in [0.5, 0.6) is 17.2 Å². The molecule has 1 aliphatic rings. The van der Waals surface area contributed by atoms with Gasteiger partial charge in [0, 0.05) is 42.2 Å². The van der Waals surface area contributed by atoms with Gasteiger partial charge >= 0.3 is 11.6 Å². The van der Waals surface area contributed by atoms with E-state index in [0.29, 0.717) is 34.9 Å². The molecule has 0 bridgehead atoms. The second-order valence-corrected chi connectivity index (χ2v) is 7.92. The molecule has 4 rings (SSSR count). The summed E-state index contributed by atoms with van der Waals surface area (Å²) in [5.74, 6) is 0.0650. The molecular formula is C25H25NO7. The average molecular weight is 451 g/mol. The van der Waals surface area contributed by atoms with Gasteiger partial charge in [-0.1, -0.05) is 6.92 Å². The number of aryl methyl sites for hydroxylation is 2. The summed E-state index contributed by atoms with van der Waals surface area (Å²) in [6.45, 7) is 3.97. The third-order valence-corrected chi connectivity index (χ3v) is 5.86. The van der Waals surface area contributed by atoms with Gasteiger partial charge in [0.05, 0.1) is 20.1 Å². The first-order valence-corrected chi connectivity index (χ1v) is 10.7. The Hall–Kier alpha value is -3.81. The number of rotatable bonds is 6. The highest BCUT2D eigenvalue weighted by Gasteiger charge is 2.37. The summed E-state index contributed by atoms with van der Waals surface area (Å²) in [7, 11) is 3.06. The molecule has 172 valence electrons. The number of carbonyl (C=O) groups excluding carboxylic acids is 2. The van der Waals surface area contributed by atoms with Crippen LogP contribution in [0.3, 0.4) is 0 Å². The summed E-state index contributed by atoms with van der Waals surface area (Å²) in [4.78, 5) is 38.9. The van der Waals surface area contributed by atoms with Crippen molar-refractivity contribution >= 4 is 28.5 Å². The lowest BCUT2D eigenvalue weighted by molar-refractivity contribution is -0.139. The maximum atomic E-state index is 13.0. The molecule has 8 heteroatoms. The molecular weight excluding hydrogens is 426 g/mol. The number of benzene rings is 2.